The van der Waals surface area contributed by atoms with Gasteiger partial charge in [-0.3, -0.25) is 14.3 Å². The van der Waals surface area contributed by atoms with E-state index in [1.54, 1.807) is 6.20 Å². The Morgan fingerprint density at radius 3 is 2.51 bits per heavy atom. The van der Waals surface area contributed by atoms with E-state index in [0.717, 1.165) is 54.1 Å². The van der Waals surface area contributed by atoms with Gasteiger partial charge in [0.05, 0.1) is 29.1 Å². The molecule has 3 N–H and O–H groups in total. The van der Waals surface area contributed by atoms with Crippen molar-refractivity contribution in [2.45, 2.75) is 31.3 Å². The number of carbonyl (C=O) groups is 1. The maximum atomic E-state index is 14.4. The van der Waals surface area contributed by atoms with Gasteiger partial charge in [-0.1, -0.05) is 6.07 Å². The predicted octanol–water partition coefficient (Wildman–Crippen LogP) is 3.00. The van der Waals surface area contributed by atoms with E-state index >= 15 is 0 Å². The van der Waals surface area contributed by atoms with E-state index in [1.165, 1.54) is 12.1 Å². The number of hydrogen-bond donors (Lipinski definition) is 2. The number of hydrogen-bond acceptors (Lipinski definition) is 7. The van der Waals surface area contributed by atoms with E-state index in [4.69, 9.17) is 10.5 Å². The Morgan fingerprint density at radius 1 is 1.03 bits per heavy atom. The molecule has 6 rings (SSSR count). The Bertz CT molecular complexity index is 1590. The van der Waals surface area contributed by atoms with Gasteiger partial charge in [-0.15, -0.1) is 0 Å². The summed E-state index contributed by atoms with van der Waals surface area (Å²) in [5.74, 6) is -2.58. The fourth-order valence-corrected chi connectivity index (χ4v) is 5.33. The molecule has 1 amide bonds. The summed E-state index contributed by atoms with van der Waals surface area (Å²) in [6, 6.07) is 9.42. The van der Waals surface area contributed by atoms with Crippen molar-refractivity contribution >= 4 is 28.2 Å². The Balaban J connectivity index is 1.38. The second-order valence-corrected chi connectivity index (χ2v) is 9.81. The van der Waals surface area contributed by atoms with E-state index in [1.807, 2.05) is 16.8 Å². The lowest BCUT2D eigenvalue weighted by Crippen LogP contribution is -2.28. The standard InChI is InChI=1S/C27H27F2N7O3/c28-19-2-1-3-20(29)26(19)36-24(37)7-5-22(33-36)27(38)32-21-4-6-23-18(25(21)34-11-8-16(30)15-34)14-31-35(23)17-9-12-39-13-10-17/h1-7,14,16-17H,8-13,15,30H2,(H,32,38)/t16-/m1/s1. The van der Waals surface area contributed by atoms with E-state index < -0.39 is 28.8 Å². The van der Waals surface area contributed by atoms with Gasteiger partial charge in [0.15, 0.2) is 11.6 Å². The van der Waals surface area contributed by atoms with Gasteiger partial charge in [0.1, 0.15) is 11.4 Å². The Hall–Kier alpha value is -4.16. The topological polar surface area (TPSA) is 120 Å². The highest BCUT2D eigenvalue weighted by atomic mass is 19.1. The van der Waals surface area contributed by atoms with Gasteiger partial charge in [0, 0.05) is 43.8 Å². The van der Waals surface area contributed by atoms with Crippen molar-refractivity contribution in [3.05, 3.63) is 76.3 Å². The van der Waals surface area contributed by atoms with Crippen LogP contribution in [0.2, 0.25) is 0 Å². The van der Waals surface area contributed by atoms with Gasteiger partial charge in [0.2, 0.25) is 0 Å². The van der Waals surface area contributed by atoms with Crippen molar-refractivity contribution in [3.63, 3.8) is 0 Å². The molecule has 0 unspecified atom stereocenters. The molecule has 0 spiro atoms. The van der Waals surface area contributed by atoms with Crippen molar-refractivity contribution in [1.29, 1.82) is 0 Å². The average molecular weight is 536 g/mol. The molecule has 2 aromatic carbocycles. The van der Waals surface area contributed by atoms with Gasteiger partial charge in [0.25, 0.3) is 11.5 Å². The van der Waals surface area contributed by atoms with Crippen molar-refractivity contribution in [2.75, 3.05) is 36.5 Å². The monoisotopic (exact) mass is 535 g/mol. The number of benzene rings is 2. The number of nitrogens with one attached hydrogen (secondary N) is 1. The van der Waals surface area contributed by atoms with Crippen molar-refractivity contribution in [3.8, 4) is 5.69 Å². The molecule has 2 saturated heterocycles. The number of nitrogens with zero attached hydrogens (tertiary/aromatic N) is 5. The molecule has 39 heavy (non-hydrogen) atoms. The molecular formula is C27H27F2N7O3. The summed E-state index contributed by atoms with van der Waals surface area (Å²) in [5.41, 5.74) is 6.86. The van der Waals surface area contributed by atoms with Crippen LogP contribution in [-0.2, 0) is 4.74 Å². The number of para-hydroxylation sites is 1. The maximum Gasteiger partial charge on any atom is 0.276 e. The Labute approximate surface area is 222 Å². The minimum absolute atomic E-state index is 0.00441. The number of carbonyl (C=O) groups excluding carboxylic acids is 1. The third-order valence-corrected chi connectivity index (χ3v) is 7.26. The molecule has 202 valence electrons. The summed E-state index contributed by atoms with van der Waals surface area (Å²) in [7, 11) is 0. The summed E-state index contributed by atoms with van der Waals surface area (Å²) in [4.78, 5) is 27.9. The van der Waals surface area contributed by atoms with Crippen LogP contribution in [0.5, 0.6) is 0 Å². The number of halogens is 2. The number of nitrogens with two attached hydrogens (primary N) is 1. The van der Waals surface area contributed by atoms with Gasteiger partial charge in [-0.05, 0) is 49.6 Å². The predicted molar refractivity (Wildman–Crippen MR) is 141 cm³/mol. The first-order valence-electron chi connectivity index (χ1n) is 12.9. The van der Waals surface area contributed by atoms with E-state index in [2.05, 4.69) is 20.4 Å². The third-order valence-electron chi connectivity index (χ3n) is 7.26. The van der Waals surface area contributed by atoms with Crippen LogP contribution in [0.15, 0.2) is 53.5 Å². The quantitative estimate of drug-likeness (QED) is 0.403. The molecule has 4 aromatic rings. The minimum Gasteiger partial charge on any atom is -0.381 e. The minimum atomic E-state index is -0.971. The second kappa shape index (κ2) is 10.2. The first-order valence-corrected chi connectivity index (χ1v) is 12.9. The summed E-state index contributed by atoms with van der Waals surface area (Å²) < 4.78 is 36.8. The lowest BCUT2D eigenvalue weighted by molar-refractivity contribution is 0.0675. The highest BCUT2D eigenvalue weighted by Crippen LogP contribution is 2.38. The average Bonchev–Trinajstić information content (AvgIpc) is 3.56. The molecule has 2 aliphatic rings. The molecule has 4 heterocycles. The molecule has 0 aliphatic carbocycles. The van der Waals surface area contributed by atoms with Crippen molar-refractivity contribution < 1.29 is 18.3 Å². The van der Waals surface area contributed by atoms with E-state index in [0.29, 0.717) is 36.7 Å². The van der Waals surface area contributed by atoms with Crippen LogP contribution in [0.25, 0.3) is 16.6 Å². The van der Waals surface area contributed by atoms with Crippen molar-refractivity contribution in [2.24, 2.45) is 5.73 Å². The number of fused-ring (bicyclic) bond motifs is 1. The molecule has 10 nitrogen and oxygen atoms in total. The lowest BCUT2D eigenvalue weighted by Gasteiger charge is -2.25. The summed E-state index contributed by atoms with van der Waals surface area (Å²) in [6.07, 6.45) is 4.34. The van der Waals surface area contributed by atoms with Crippen LogP contribution < -0.4 is 21.5 Å². The number of rotatable bonds is 5. The van der Waals surface area contributed by atoms with Crippen molar-refractivity contribution in [1.82, 2.24) is 19.6 Å². The Morgan fingerprint density at radius 2 is 1.79 bits per heavy atom. The first-order chi connectivity index (χ1) is 18.9. The highest BCUT2D eigenvalue weighted by molar-refractivity contribution is 6.09. The van der Waals surface area contributed by atoms with E-state index in [-0.39, 0.29) is 17.8 Å². The van der Waals surface area contributed by atoms with E-state index in [9.17, 15) is 18.4 Å². The SMILES string of the molecule is N[C@@H]1CCN(c2c(NC(=O)c3ccc(=O)n(-c4c(F)cccc4F)n3)ccc3c2cnn3C2CCOCC2)C1. The van der Waals surface area contributed by atoms with Crippen LogP contribution in [0.3, 0.4) is 0 Å². The van der Waals surface area contributed by atoms with Crippen LogP contribution in [0.4, 0.5) is 20.2 Å². The molecule has 2 aromatic heterocycles. The fourth-order valence-electron chi connectivity index (χ4n) is 5.33. The maximum absolute atomic E-state index is 14.4. The van der Waals surface area contributed by atoms with Crippen LogP contribution >= 0.6 is 0 Å². The molecule has 2 fully saturated rings. The van der Waals surface area contributed by atoms with Gasteiger partial charge < -0.3 is 20.7 Å². The fraction of sp³-hybridized carbons (Fsp3) is 0.333. The van der Waals surface area contributed by atoms with Gasteiger partial charge in [-0.25, -0.2) is 8.78 Å². The largest absolute Gasteiger partial charge is 0.381 e. The smallest absolute Gasteiger partial charge is 0.276 e. The summed E-state index contributed by atoms with van der Waals surface area (Å²) in [6.45, 7) is 2.68. The summed E-state index contributed by atoms with van der Waals surface area (Å²) in [5, 5.41) is 12.4. The van der Waals surface area contributed by atoms with Crippen LogP contribution in [-0.4, -0.2) is 57.8 Å². The number of anilines is 2. The first kappa shape index (κ1) is 25.1. The summed E-state index contributed by atoms with van der Waals surface area (Å²) >= 11 is 0. The second-order valence-electron chi connectivity index (χ2n) is 9.81. The Kier molecular flexibility index (Phi) is 6.57. The molecule has 12 heteroatoms. The van der Waals surface area contributed by atoms with Crippen LogP contribution in [0, 0.1) is 11.6 Å². The number of ether oxygens (including phenoxy) is 1. The molecule has 2 aliphatic heterocycles. The lowest BCUT2D eigenvalue weighted by atomic mass is 10.1. The van der Waals surface area contributed by atoms with Crippen LogP contribution in [0.1, 0.15) is 35.8 Å². The molecule has 0 radical (unpaired) electrons. The zero-order valence-corrected chi connectivity index (χ0v) is 21.0. The zero-order valence-electron chi connectivity index (χ0n) is 21.0. The molecule has 0 bridgehead atoms. The third kappa shape index (κ3) is 4.66. The number of amides is 1. The molecule has 0 saturated carbocycles. The number of aromatic nitrogens is 4. The zero-order chi connectivity index (χ0) is 27.1. The highest BCUT2D eigenvalue weighted by Gasteiger charge is 2.27. The normalized spacial score (nSPS) is 18.1. The molecular weight excluding hydrogens is 508 g/mol. The van der Waals surface area contributed by atoms with Gasteiger partial charge >= 0.3 is 0 Å². The molecule has 1 atom stereocenters. The van der Waals surface area contributed by atoms with Gasteiger partial charge in [-0.2, -0.15) is 14.9 Å².